The van der Waals surface area contributed by atoms with E-state index in [-0.39, 0.29) is 18.6 Å². The molecule has 1 atom stereocenters. The molecule has 3 aromatic carbocycles. The van der Waals surface area contributed by atoms with Crippen LogP contribution in [0.2, 0.25) is 0 Å². The van der Waals surface area contributed by atoms with E-state index in [0.717, 1.165) is 26.5 Å². The lowest BCUT2D eigenvalue weighted by Crippen LogP contribution is -2.33. The normalized spacial score (nSPS) is 11.8. The number of hydrogen-bond acceptors (Lipinski definition) is 3. The summed E-state index contributed by atoms with van der Waals surface area (Å²) in [7, 11) is 0. The maximum atomic E-state index is 12.7. The van der Waals surface area contributed by atoms with E-state index in [2.05, 4.69) is 26.2 Å². The summed E-state index contributed by atoms with van der Waals surface area (Å²) in [6.07, 6.45) is 1.72. The van der Waals surface area contributed by atoms with Gasteiger partial charge in [0, 0.05) is 6.20 Å². The number of aromatic nitrogens is 1. The highest BCUT2D eigenvalue weighted by Crippen LogP contribution is 2.33. The Kier molecular flexibility index (Phi) is 5.86. The first kappa shape index (κ1) is 19.2. The summed E-state index contributed by atoms with van der Waals surface area (Å²) in [6.45, 7) is -0.0902. The highest BCUT2D eigenvalue weighted by Gasteiger charge is 2.18. The molecule has 1 amide bonds. The third-order valence-corrected chi connectivity index (χ3v) is 5.43. The Morgan fingerprint density at radius 3 is 2.48 bits per heavy atom. The maximum Gasteiger partial charge on any atom is 0.258 e. The van der Waals surface area contributed by atoms with E-state index in [1.807, 2.05) is 84.9 Å². The van der Waals surface area contributed by atoms with Gasteiger partial charge in [-0.3, -0.25) is 9.78 Å². The molecule has 1 unspecified atom stereocenters. The van der Waals surface area contributed by atoms with E-state index >= 15 is 0 Å². The molecule has 0 bridgehead atoms. The largest absolute Gasteiger partial charge is 0.483 e. The number of halogens is 1. The molecule has 0 saturated carbocycles. The van der Waals surface area contributed by atoms with E-state index in [1.54, 1.807) is 6.20 Å². The molecule has 5 heteroatoms. The number of rotatable bonds is 6. The van der Waals surface area contributed by atoms with Crippen LogP contribution in [0.15, 0.2) is 95.6 Å². The van der Waals surface area contributed by atoms with E-state index in [9.17, 15) is 4.79 Å². The van der Waals surface area contributed by atoms with Gasteiger partial charge in [-0.15, -0.1) is 0 Å². The molecule has 1 heterocycles. The molecule has 0 saturated heterocycles. The fourth-order valence-corrected chi connectivity index (χ4v) is 3.80. The third-order valence-electron chi connectivity index (χ3n) is 4.61. The molecule has 144 valence electrons. The Morgan fingerprint density at radius 1 is 0.931 bits per heavy atom. The SMILES string of the molecule is O=C(COc1ccc2ccccc2c1Br)NC(c1ccccc1)c1ccccn1. The van der Waals surface area contributed by atoms with Crippen LogP contribution in [0.4, 0.5) is 0 Å². The van der Waals surface area contributed by atoms with Crippen LogP contribution in [0.1, 0.15) is 17.3 Å². The molecule has 0 spiro atoms. The second kappa shape index (κ2) is 8.88. The molecule has 1 N–H and O–H groups in total. The summed E-state index contributed by atoms with van der Waals surface area (Å²) in [5.74, 6) is 0.414. The van der Waals surface area contributed by atoms with Gasteiger partial charge < -0.3 is 10.1 Å². The predicted octanol–water partition coefficient (Wildman–Crippen LogP) is 5.28. The van der Waals surface area contributed by atoms with Crippen molar-refractivity contribution in [2.24, 2.45) is 0 Å². The van der Waals surface area contributed by atoms with Gasteiger partial charge in [0.2, 0.25) is 0 Å². The van der Waals surface area contributed by atoms with Crippen molar-refractivity contribution in [2.45, 2.75) is 6.04 Å². The molecular weight excluding hydrogens is 428 g/mol. The zero-order chi connectivity index (χ0) is 20.1. The molecule has 4 aromatic rings. The van der Waals surface area contributed by atoms with Crippen molar-refractivity contribution in [3.05, 3.63) is 107 Å². The minimum absolute atomic E-state index is 0.0902. The van der Waals surface area contributed by atoms with Crippen molar-refractivity contribution in [1.29, 1.82) is 0 Å². The van der Waals surface area contributed by atoms with Gasteiger partial charge in [-0.2, -0.15) is 0 Å². The Balaban J connectivity index is 1.50. The van der Waals surface area contributed by atoms with Crippen LogP contribution >= 0.6 is 15.9 Å². The molecular formula is C24H19BrN2O2. The van der Waals surface area contributed by atoms with E-state index in [4.69, 9.17) is 4.74 Å². The molecule has 1 aromatic heterocycles. The van der Waals surface area contributed by atoms with Gasteiger partial charge in [0.1, 0.15) is 5.75 Å². The third kappa shape index (κ3) is 4.46. The number of nitrogens with zero attached hydrogens (tertiary/aromatic N) is 1. The van der Waals surface area contributed by atoms with E-state index < -0.39 is 0 Å². The lowest BCUT2D eigenvalue weighted by Gasteiger charge is -2.19. The van der Waals surface area contributed by atoms with Gasteiger partial charge in [-0.25, -0.2) is 0 Å². The second-order valence-corrected chi connectivity index (χ2v) is 7.35. The zero-order valence-corrected chi connectivity index (χ0v) is 17.2. The average molecular weight is 447 g/mol. The van der Waals surface area contributed by atoms with Gasteiger partial charge in [0.15, 0.2) is 6.61 Å². The molecule has 0 aliphatic carbocycles. The lowest BCUT2D eigenvalue weighted by atomic mass is 10.0. The number of carbonyl (C=O) groups excluding carboxylic acids is 1. The van der Waals surface area contributed by atoms with Gasteiger partial charge in [0.05, 0.1) is 16.2 Å². The van der Waals surface area contributed by atoms with Crippen LogP contribution in [0.3, 0.4) is 0 Å². The number of benzene rings is 3. The van der Waals surface area contributed by atoms with Crippen LogP contribution in [0, 0.1) is 0 Å². The minimum Gasteiger partial charge on any atom is -0.483 e. The predicted molar refractivity (Wildman–Crippen MR) is 118 cm³/mol. The Morgan fingerprint density at radius 2 is 1.69 bits per heavy atom. The number of nitrogens with one attached hydrogen (secondary N) is 1. The van der Waals surface area contributed by atoms with Gasteiger partial charge >= 0.3 is 0 Å². The molecule has 0 radical (unpaired) electrons. The van der Waals surface area contributed by atoms with Crippen molar-refractivity contribution in [3.63, 3.8) is 0 Å². The summed E-state index contributed by atoms with van der Waals surface area (Å²) < 4.78 is 6.64. The Hall–Kier alpha value is -3.18. The van der Waals surface area contributed by atoms with Crippen LogP contribution in [0.25, 0.3) is 10.8 Å². The van der Waals surface area contributed by atoms with Gasteiger partial charge in [0.25, 0.3) is 5.91 Å². The van der Waals surface area contributed by atoms with Crippen LogP contribution < -0.4 is 10.1 Å². The molecule has 0 fully saturated rings. The topological polar surface area (TPSA) is 51.2 Å². The standard InChI is InChI=1S/C24H19BrN2O2/c25-23-19-11-5-4-8-17(19)13-14-21(23)29-16-22(28)27-24(18-9-2-1-3-10-18)20-12-6-7-15-26-20/h1-15,24H,16H2,(H,27,28). The molecule has 29 heavy (non-hydrogen) atoms. The fourth-order valence-electron chi connectivity index (χ4n) is 3.19. The molecule has 0 aliphatic heterocycles. The zero-order valence-electron chi connectivity index (χ0n) is 15.6. The smallest absolute Gasteiger partial charge is 0.258 e. The van der Waals surface area contributed by atoms with Crippen molar-refractivity contribution < 1.29 is 9.53 Å². The van der Waals surface area contributed by atoms with Crippen LogP contribution in [0.5, 0.6) is 5.75 Å². The fraction of sp³-hybridized carbons (Fsp3) is 0.0833. The maximum absolute atomic E-state index is 12.7. The van der Waals surface area contributed by atoms with Gasteiger partial charge in [-0.05, 0) is 50.5 Å². The van der Waals surface area contributed by atoms with Crippen LogP contribution in [-0.4, -0.2) is 17.5 Å². The van der Waals surface area contributed by atoms with Crippen molar-refractivity contribution in [1.82, 2.24) is 10.3 Å². The summed E-state index contributed by atoms with van der Waals surface area (Å²) >= 11 is 3.59. The monoisotopic (exact) mass is 446 g/mol. The van der Waals surface area contributed by atoms with Crippen molar-refractivity contribution >= 4 is 32.6 Å². The van der Waals surface area contributed by atoms with E-state index in [1.165, 1.54) is 0 Å². The van der Waals surface area contributed by atoms with Crippen molar-refractivity contribution in [3.8, 4) is 5.75 Å². The highest BCUT2D eigenvalue weighted by atomic mass is 79.9. The number of fused-ring (bicyclic) bond motifs is 1. The quantitative estimate of drug-likeness (QED) is 0.438. The number of amides is 1. The number of hydrogen-bond donors (Lipinski definition) is 1. The molecule has 4 nitrogen and oxygen atoms in total. The first-order valence-corrected chi connectivity index (χ1v) is 10.1. The number of ether oxygens (including phenoxy) is 1. The highest BCUT2D eigenvalue weighted by molar-refractivity contribution is 9.10. The average Bonchev–Trinajstić information content (AvgIpc) is 2.78. The van der Waals surface area contributed by atoms with Crippen molar-refractivity contribution in [2.75, 3.05) is 6.61 Å². The number of carbonyl (C=O) groups is 1. The summed E-state index contributed by atoms with van der Waals surface area (Å²) in [5.41, 5.74) is 1.74. The Bertz CT molecular complexity index is 1080. The first-order valence-electron chi connectivity index (χ1n) is 9.27. The first-order chi connectivity index (χ1) is 14.2. The van der Waals surface area contributed by atoms with Crippen LogP contribution in [-0.2, 0) is 4.79 Å². The Labute approximate surface area is 177 Å². The summed E-state index contributed by atoms with van der Waals surface area (Å²) in [5, 5.41) is 5.18. The van der Waals surface area contributed by atoms with Gasteiger partial charge in [-0.1, -0.05) is 66.7 Å². The molecule has 4 rings (SSSR count). The molecule has 0 aliphatic rings. The summed E-state index contributed by atoms with van der Waals surface area (Å²) in [6, 6.07) is 27.0. The number of pyridine rings is 1. The summed E-state index contributed by atoms with van der Waals surface area (Å²) in [4.78, 5) is 17.1. The lowest BCUT2D eigenvalue weighted by molar-refractivity contribution is -0.123. The van der Waals surface area contributed by atoms with E-state index in [0.29, 0.717) is 5.75 Å². The second-order valence-electron chi connectivity index (χ2n) is 6.55. The minimum atomic E-state index is -0.339.